The summed E-state index contributed by atoms with van der Waals surface area (Å²) < 4.78 is 0. The number of nitrogens with one attached hydrogen (secondary N) is 1. The highest BCUT2D eigenvalue weighted by atomic mass is 16.2. The fourth-order valence-electron chi connectivity index (χ4n) is 2.38. The van der Waals surface area contributed by atoms with Crippen LogP contribution in [0.3, 0.4) is 0 Å². The summed E-state index contributed by atoms with van der Waals surface area (Å²) in [6.07, 6.45) is 1.01. The Morgan fingerprint density at radius 3 is 2.94 bits per heavy atom. The summed E-state index contributed by atoms with van der Waals surface area (Å²) in [5.74, 6) is 0.589. The molecule has 1 saturated heterocycles. The van der Waals surface area contributed by atoms with E-state index in [2.05, 4.69) is 19.2 Å². The number of amides is 2. The summed E-state index contributed by atoms with van der Waals surface area (Å²) in [5.41, 5.74) is 7.61. The molecule has 3 N–H and O–H groups in total. The van der Waals surface area contributed by atoms with Gasteiger partial charge < -0.3 is 11.1 Å². The lowest BCUT2D eigenvalue weighted by Gasteiger charge is -2.16. The zero-order valence-corrected chi connectivity index (χ0v) is 11.0. The van der Waals surface area contributed by atoms with Crippen LogP contribution >= 0.6 is 0 Å². The van der Waals surface area contributed by atoms with E-state index in [0.717, 1.165) is 24.2 Å². The third kappa shape index (κ3) is 2.82. The predicted octanol–water partition coefficient (Wildman–Crippen LogP) is 2.09. The van der Waals surface area contributed by atoms with Crippen LogP contribution in [0.2, 0.25) is 0 Å². The molecule has 1 aromatic rings. The Morgan fingerprint density at radius 2 is 2.28 bits per heavy atom. The van der Waals surface area contributed by atoms with Crippen LogP contribution in [0.1, 0.15) is 25.8 Å². The van der Waals surface area contributed by atoms with Gasteiger partial charge in [0, 0.05) is 24.8 Å². The van der Waals surface area contributed by atoms with E-state index in [1.807, 2.05) is 24.3 Å². The third-order valence-electron chi connectivity index (χ3n) is 3.19. The first-order valence-electron chi connectivity index (χ1n) is 6.47. The lowest BCUT2D eigenvalue weighted by molar-refractivity contribution is 0.250. The number of rotatable bonds is 4. The molecule has 1 atom stereocenters. The van der Waals surface area contributed by atoms with Crippen LogP contribution in [-0.4, -0.2) is 18.6 Å². The van der Waals surface area contributed by atoms with Crippen LogP contribution in [0, 0.1) is 5.92 Å². The number of nitrogens with two attached hydrogens (primary N) is 1. The van der Waals surface area contributed by atoms with Gasteiger partial charge in [0.25, 0.3) is 0 Å². The highest BCUT2D eigenvalue weighted by molar-refractivity contribution is 5.94. The van der Waals surface area contributed by atoms with Gasteiger partial charge in [-0.25, -0.2) is 4.79 Å². The molecule has 1 unspecified atom stereocenters. The molecule has 18 heavy (non-hydrogen) atoms. The van der Waals surface area contributed by atoms with Gasteiger partial charge in [-0.2, -0.15) is 0 Å². The van der Waals surface area contributed by atoms with Gasteiger partial charge in [-0.1, -0.05) is 26.0 Å². The van der Waals surface area contributed by atoms with Gasteiger partial charge in [-0.3, -0.25) is 4.90 Å². The highest BCUT2D eigenvalue weighted by Crippen LogP contribution is 2.21. The molecule has 4 heteroatoms. The summed E-state index contributed by atoms with van der Waals surface area (Å²) in [4.78, 5) is 13.7. The Balaban J connectivity index is 2.11. The molecule has 1 aliphatic rings. The zero-order chi connectivity index (χ0) is 13.1. The molecule has 0 saturated carbocycles. The van der Waals surface area contributed by atoms with Crippen molar-refractivity contribution in [2.24, 2.45) is 11.7 Å². The van der Waals surface area contributed by atoms with Crippen molar-refractivity contribution in [2.75, 3.05) is 11.4 Å². The Bertz CT molecular complexity index is 431. The summed E-state index contributed by atoms with van der Waals surface area (Å²) in [7, 11) is 0. The quantitative estimate of drug-likeness (QED) is 0.856. The number of urea groups is 1. The molecule has 0 spiro atoms. The fourth-order valence-corrected chi connectivity index (χ4v) is 2.38. The lowest BCUT2D eigenvalue weighted by atomic mass is 10.0. The summed E-state index contributed by atoms with van der Waals surface area (Å²) in [6, 6.07) is 8.10. The molecule has 0 aromatic heterocycles. The summed E-state index contributed by atoms with van der Waals surface area (Å²) in [6.45, 7) is 5.58. The molecule has 0 aliphatic carbocycles. The molecule has 98 valence electrons. The van der Waals surface area contributed by atoms with Crippen molar-refractivity contribution in [2.45, 2.75) is 32.9 Å². The van der Waals surface area contributed by atoms with Gasteiger partial charge in [0.2, 0.25) is 0 Å². The van der Waals surface area contributed by atoms with Crippen LogP contribution in [-0.2, 0) is 6.54 Å². The molecule has 1 aliphatic heterocycles. The van der Waals surface area contributed by atoms with Gasteiger partial charge in [0.1, 0.15) is 0 Å². The Kier molecular flexibility index (Phi) is 3.87. The van der Waals surface area contributed by atoms with E-state index in [9.17, 15) is 4.79 Å². The lowest BCUT2D eigenvalue weighted by Crippen LogP contribution is -2.29. The minimum absolute atomic E-state index is 0.00479. The summed E-state index contributed by atoms with van der Waals surface area (Å²) in [5, 5.41) is 3.03. The standard InChI is InChI=1S/C14H21N3O/c1-10(2)6-12-9-17(14(18)16-12)13-5-3-4-11(7-13)8-15/h3-5,7,10,12H,6,8-9,15H2,1-2H3,(H,16,18). The zero-order valence-electron chi connectivity index (χ0n) is 11.0. The van der Waals surface area contributed by atoms with E-state index in [1.54, 1.807) is 4.90 Å². The Morgan fingerprint density at radius 1 is 1.50 bits per heavy atom. The number of carbonyl (C=O) groups is 1. The molecular weight excluding hydrogens is 226 g/mol. The minimum Gasteiger partial charge on any atom is -0.333 e. The molecule has 2 rings (SSSR count). The van der Waals surface area contributed by atoms with Crippen LogP contribution in [0.5, 0.6) is 0 Å². The van der Waals surface area contributed by atoms with E-state index in [-0.39, 0.29) is 12.1 Å². The second-order valence-corrected chi connectivity index (χ2v) is 5.26. The molecule has 1 aromatic carbocycles. The van der Waals surface area contributed by atoms with Crippen molar-refractivity contribution in [1.29, 1.82) is 0 Å². The highest BCUT2D eigenvalue weighted by Gasteiger charge is 2.29. The predicted molar refractivity (Wildman–Crippen MR) is 73.5 cm³/mol. The van der Waals surface area contributed by atoms with Gasteiger partial charge in [0.05, 0.1) is 0 Å². The number of carbonyl (C=O) groups excluding carboxylic acids is 1. The second kappa shape index (κ2) is 5.40. The maximum atomic E-state index is 11.9. The third-order valence-corrected chi connectivity index (χ3v) is 3.19. The smallest absolute Gasteiger partial charge is 0.322 e. The fraction of sp³-hybridized carbons (Fsp3) is 0.500. The van der Waals surface area contributed by atoms with Crippen LogP contribution in [0.25, 0.3) is 0 Å². The van der Waals surface area contributed by atoms with E-state index in [0.29, 0.717) is 12.5 Å². The first kappa shape index (κ1) is 12.9. The van der Waals surface area contributed by atoms with Crippen molar-refractivity contribution < 1.29 is 4.79 Å². The van der Waals surface area contributed by atoms with E-state index in [4.69, 9.17) is 5.73 Å². The van der Waals surface area contributed by atoms with Gasteiger partial charge in [-0.05, 0) is 30.0 Å². The number of nitrogens with zero attached hydrogens (tertiary/aromatic N) is 1. The van der Waals surface area contributed by atoms with E-state index in [1.165, 1.54) is 0 Å². The first-order chi connectivity index (χ1) is 8.60. The van der Waals surface area contributed by atoms with Crippen molar-refractivity contribution >= 4 is 11.7 Å². The van der Waals surface area contributed by atoms with Crippen molar-refractivity contribution in [3.05, 3.63) is 29.8 Å². The van der Waals surface area contributed by atoms with Crippen molar-refractivity contribution in [1.82, 2.24) is 5.32 Å². The Hall–Kier alpha value is -1.55. The van der Waals surface area contributed by atoms with Crippen molar-refractivity contribution in [3.8, 4) is 0 Å². The molecule has 1 fully saturated rings. The topological polar surface area (TPSA) is 58.4 Å². The molecule has 0 radical (unpaired) electrons. The number of hydrogen-bond donors (Lipinski definition) is 2. The van der Waals surface area contributed by atoms with Gasteiger partial charge >= 0.3 is 6.03 Å². The molecule has 2 amide bonds. The second-order valence-electron chi connectivity index (χ2n) is 5.26. The van der Waals surface area contributed by atoms with E-state index < -0.39 is 0 Å². The largest absolute Gasteiger partial charge is 0.333 e. The van der Waals surface area contributed by atoms with E-state index >= 15 is 0 Å². The SMILES string of the molecule is CC(C)CC1CN(c2cccc(CN)c2)C(=O)N1. The monoisotopic (exact) mass is 247 g/mol. The average molecular weight is 247 g/mol. The molecule has 1 heterocycles. The Labute approximate surface area is 108 Å². The number of hydrogen-bond acceptors (Lipinski definition) is 2. The first-order valence-corrected chi connectivity index (χ1v) is 6.47. The maximum Gasteiger partial charge on any atom is 0.322 e. The number of anilines is 1. The molecular formula is C14H21N3O. The maximum absolute atomic E-state index is 11.9. The van der Waals surface area contributed by atoms with Crippen LogP contribution in [0.4, 0.5) is 10.5 Å². The van der Waals surface area contributed by atoms with Crippen LogP contribution < -0.4 is 16.0 Å². The summed E-state index contributed by atoms with van der Waals surface area (Å²) >= 11 is 0. The van der Waals surface area contributed by atoms with Crippen molar-refractivity contribution in [3.63, 3.8) is 0 Å². The molecule has 0 bridgehead atoms. The minimum atomic E-state index is -0.00479. The van der Waals surface area contributed by atoms with Gasteiger partial charge in [0.15, 0.2) is 0 Å². The normalized spacial score (nSPS) is 19.4. The van der Waals surface area contributed by atoms with Gasteiger partial charge in [-0.15, -0.1) is 0 Å². The number of benzene rings is 1. The molecule has 4 nitrogen and oxygen atoms in total. The average Bonchev–Trinajstić information content (AvgIpc) is 2.69. The van der Waals surface area contributed by atoms with Crippen LogP contribution in [0.15, 0.2) is 24.3 Å².